The predicted molar refractivity (Wildman–Crippen MR) is 227 cm³/mol. The first-order chi connectivity index (χ1) is 30.1. The van der Waals surface area contributed by atoms with E-state index in [-0.39, 0.29) is 45.7 Å². The van der Waals surface area contributed by atoms with Gasteiger partial charge in [0.05, 0.1) is 11.0 Å². The minimum atomic E-state index is -0.432. The summed E-state index contributed by atoms with van der Waals surface area (Å²) in [7, 11) is 0. The topological polar surface area (TPSA) is 26.3 Å². The van der Waals surface area contributed by atoms with Crippen molar-refractivity contribution in [3.63, 3.8) is 0 Å². The Labute approximate surface area is 321 Å². The number of furan rings is 2. The van der Waals surface area contributed by atoms with E-state index in [2.05, 4.69) is 18.2 Å². The number of fused-ring (bicyclic) bond motifs is 11. The third-order valence-corrected chi connectivity index (χ3v) is 10.9. The lowest BCUT2D eigenvalue weighted by atomic mass is 9.84. The molecule has 0 saturated heterocycles. The Balaban J connectivity index is 1.13. The highest BCUT2D eigenvalue weighted by Gasteiger charge is 2.20. The average molecular weight is 695 g/mol. The van der Waals surface area contributed by atoms with Crippen LogP contribution in [0.15, 0.2) is 191 Å². The maximum Gasteiger partial charge on any atom is 0.136 e. The number of hydrogen-bond donors (Lipinski definition) is 0. The summed E-state index contributed by atoms with van der Waals surface area (Å²) in [5.74, 6) is 0. The van der Waals surface area contributed by atoms with Crippen molar-refractivity contribution < 1.29 is 19.8 Å². The molecule has 0 aliphatic heterocycles. The van der Waals surface area contributed by atoms with E-state index in [0.717, 1.165) is 76.5 Å². The van der Waals surface area contributed by atoms with Gasteiger partial charge in [-0.3, -0.25) is 0 Å². The van der Waals surface area contributed by atoms with Crippen LogP contribution in [0.5, 0.6) is 0 Å². The Morgan fingerprint density at radius 3 is 1.63 bits per heavy atom. The summed E-state index contributed by atoms with van der Waals surface area (Å²) in [5, 5.41) is 8.17. The zero-order valence-corrected chi connectivity index (χ0v) is 28.5. The fourth-order valence-electron chi connectivity index (χ4n) is 8.57. The fourth-order valence-corrected chi connectivity index (χ4v) is 8.57. The zero-order chi connectivity index (χ0) is 42.3. The number of hydrogen-bond acceptors (Lipinski definition) is 2. The summed E-state index contributed by atoms with van der Waals surface area (Å²) in [6.07, 6.45) is 0. The second kappa shape index (κ2) is 11.2. The van der Waals surface area contributed by atoms with E-state index in [0.29, 0.717) is 22.3 Å². The van der Waals surface area contributed by atoms with Crippen LogP contribution in [0.25, 0.3) is 120 Å². The summed E-state index contributed by atoms with van der Waals surface area (Å²) in [4.78, 5) is 0. The molecule has 12 rings (SSSR count). The average Bonchev–Trinajstić information content (AvgIpc) is 3.87. The molecule has 0 spiro atoms. The largest absolute Gasteiger partial charge is 0.456 e. The lowest BCUT2D eigenvalue weighted by molar-refractivity contribution is 0.663. The van der Waals surface area contributed by atoms with Crippen molar-refractivity contribution in [2.75, 3.05) is 0 Å². The van der Waals surface area contributed by atoms with E-state index in [1.807, 2.05) is 115 Å². The molecule has 0 saturated carbocycles. The van der Waals surface area contributed by atoms with E-state index in [4.69, 9.17) is 14.3 Å². The smallest absolute Gasteiger partial charge is 0.136 e. The summed E-state index contributed by atoms with van der Waals surface area (Å²) >= 11 is 0. The van der Waals surface area contributed by atoms with Crippen molar-refractivity contribution in [2.24, 2.45) is 0 Å². The maximum atomic E-state index is 9.43. The van der Waals surface area contributed by atoms with E-state index in [1.165, 1.54) is 0 Å². The first-order valence-electron chi connectivity index (χ1n) is 21.8. The molecular formula is C52H30O2. The van der Waals surface area contributed by atoms with Gasteiger partial charge in [-0.2, -0.15) is 0 Å². The quantitative estimate of drug-likeness (QED) is 0.172. The van der Waals surface area contributed by atoms with Crippen LogP contribution in [0.4, 0.5) is 0 Å². The van der Waals surface area contributed by atoms with Gasteiger partial charge in [0.25, 0.3) is 0 Å². The predicted octanol–water partition coefficient (Wildman–Crippen LogP) is 15.1. The first-order valence-corrected chi connectivity index (χ1v) is 17.8. The van der Waals surface area contributed by atoms with Crippen molar-refractivity contribution in [3.8, 4) is 33.4 Å². The third kappa shape index (κ3) is 4.17. The number of para-hydroxylation sites is 1. The first kappa shape index (κ1) is 22.7. The Morgan fingerprint density at radius 1 is 0.333 bits per heavy atom. The van der Waals surface area contributed by atoms with Gasteiger partial charge in [-0.1, -0.05) is 145 Å². The minimum Gasteiger partial charge on any atom is -0.456 e. The lowest BCUT2D eigenvalue weighted by Gasteiger charge is -2.19. The summed E-state index contributed by atoms with van der Waals surface area (Å²) < 4.78 is 85.7. The van der Waals surface area contributed by atoms with Crippen LogP contribution < -0.4 is 0 Å². The van der Waals surface area contributed by atoms with Gasteiger partial charge in [-0.25, -0.2) is 0 Å². The SMILES string of the molecule is [2H]c1c([2H])c([2H])c2c(-c3cccc4ccccc34)c3c([2H])c([2H])c([2H])c([2H])c3c(-c3ccc4c(-c5ccc6c(c5)oc5ccc7oc8ccccc8c7c56)cccc4c3)c2c1[2H]. The third-order valence-electron chi connectivity index (χ3n) is 10.9. The molecule has 0 aliphatic carbocycles. The molecular weight excluding hydrogens is 657 g/mol. The van der Waals surface area contributed by atoms with Gasteiger partial charge < -0.3 is 8.83 Å². The molecule has 54 heavy (non-hydrogen) atoms. The minimum absolute atomic E-state index is 0.182. The van der Waals surface area contributed by atoms with Crippen molar-refractivity contribution in [1.29, 1.82) is 0 Å². The molecule has 0 aliphatic rings. The van der Waals surface area contributed by atoms with Crippen LogP contribution in [0.1, 0.15) is 11.0 Å². The van der Waals surface area contributed by atoms with Crippen molar-refractivity contribution in [3.05, 3.63) is 182 Å². The molecule has 2 nitrogen and oxygen atoms in total. The molecule has 2 aromatic heterocycles. The number of benzene rings is 10. The van der Waals surface area contributed by atoms with Crippen molar-refractivity contribution in [2.45, 2.75) is 0 Å². The summed E-state index contributed by atoms with van der Waals surface area (Å²) in [6, 6.07) is 40.3. The molecule has 250 valence electrons. The van der Waals surface area contributed by atoms with E-state index in [1.54, 1.807) is 0 Å². The van der Waals surface area contributed by atoms with Gasteiger partial charge in [0.15, 0.2) is 0 Å². The summed E-state index contributed by atoms with van der Waals surface area (Å²) in [6.45, 7) is 0. The second-order valence-corrected chi connectivity index (χ2v) is 13.7. The highest BCUT2D eigenvalue weighted by Crippen LogP contribution is 2.46. The van der Waals surface area contributed by atoms with Crippen LogP contribution in [0.3, 0.4) is 0 Å². The zero-order valence-electron chi connectivity index (χ0n) is 36.5. The van der Waals surface area contributed by atoms with Gasteiger partial charge >= 0.3 is 0 Å². The molecule has 0 fully saturated rings. The molecule has 0 atom stereocenters. The van der Waals surface area contributed by atoms with Crippen molar-refractivity contribution in [1.82, 2.24) is 0 Å². The molecule has 0 N–H and O–H groups in total. The van der Waals surface area contributed by atoms with Gasteiger partial charge in [0.2, 0.25) is 0 Å². The van der Waals surface area contributed by atoms with Crippen molar-refractivity contribution >= 4 is 87.0 Å². The van der Waals surface area contributed by atoms with Gasteiger partial charge in [0, 0.05) is 21.5 Å². The molecule has 10 aromatic carbocycles. The summed E-state index contributed by atoms with van der Waals surface area (Å²) in [5.41, 5.74) is 6.79. The number of rotatable bonds is 3. The molecule has 2 heterocycles. The van der Waals surface area contributed by atoms with Crippen LogP contribution in [0, 0.1) is 0 Å². The standard InChI is InChI=1S/C52H30O2/c1-2-14-35-31(11-1)12-9-21-38(35)50-41-17-5-3-15-39(41)49(40-16-4-6-18-42(40)50)34-24-25-37-32(29-34)13-10-20-36(37)33-23-26-44-48(30-33)54-47-28-27-46-51(52(44)47)43-19-7-8-22-45(43)53-46/h1-30H/i3D,4D,5D,6D,15D,16D,17D,18D. The highest BCUT2D eigenvalue weighted by molar-refractivity contribution is 6.26. The van der Waals surface area contributed by atoms with Crippen LogP contribution in [0.2, 0.25) is 0 Å². The monoisotopic (exact) mass is 694 g/mol. The van der Waals surface area contributed by atoms with E-state index < -0.39 is 24.2 Å². The van der Waals surface area contributed by atoms with Gasteiger partial charge in [-0.15, -0.1) is 0 Å². The van der Waals surface area contributed by atoms with E-state index in [9.17, 15) is 5.48 Å². The lowest BCUT2D eigenvalue weighted by Crippen LogP contribution is -1.92. The molecule has 2 heteroatoms. The normalized spacial score (nSPS) is 14.1. The van der Waals surface area contributed by atoms with Gasteiger partial charge in [0.1, 0.15) is 22.3 Å². The van der Waals surface area contributed by atoms with E-state index >= 15 is 0 Å². The van der Waals surface area contributed by atoms with Crippen LogP contribution in [-0.2, 0) is 0 Å². The molecule has 0 bridgehead atoms. The molecule has 0 radical (unpaired) electrons. The molecule has 12 aromatic rings. The van der Waals surface area contributed by atoms with Crippen LogP contribution in [-0.4, -0.2) is 0 Å². The highest BCUT2D eigenvalue weighted by atomic mass is 16.3. The van der Waals surface area contributed by atoms with Crippen LogP contribution >= 0.6 is 0 Å². The fraction of sp³-hybridized carbons (Fsp3) is 0. The Hall–Kier alpha value is -7.16. The molecule has 0 unspecified atom stereocenters. The Morgan fingerprint density at radius 2 is 0.870 bits per heavy atom. The Kier molecular flexibility index (Phi) is 4.70. The Bertz CT molecular complexity index is 3890. The molecule has 0 amide bonds. The van der Waals surface area contributed by atoms with Gasteiger partial charge in [-0.05, 0) is 113 Å². The maximum absolute atomic E-state index is 9.43. The second-order valence-electron chi connectivity index (χ2n) is 13.7.